The molecule has 4 heterocycles. The summed E-state index contributed by atoms with van der Waals surface area (Å²) in [6.07, 6.45) is 3.76. The van der Waals surface area contributed by atoms with E-state index in [4.69, 9.17) is 52.8 Å². The van der Waals surface area contributed by atoms with Crippen molar-refractivity contribution in [3.63, 3.8) is 0 Å². The van der Waals surface area contributed by atoms with Crippen molar-refractivity contribution in [3.05, 3.63) is 152 Å². The second-order valence-electron chi connectivity index (χ2n) is 15.2. The molecule has 62 heavy (non-hydrogen) atoms. The molecule has 8 rings (SSSR count). The molecule has 0 spiro atoms. The summed E-state index contributed by atoms with van der Waals surface area (Å²) in [6.45, 7) is 6.89. The zero-order chi connectivity index (χ0) is 43.5. The smallest absolute Gasteiger partial charge is 0.280 e. The number of allylic oxidation sites excluding steroid dienone is 2. The third-order valence-electron chi connectivity index (χ3n) is 11.0. The Bertz CT molecular complexity index is 2720. The van der Waals surface area contributed by atoms with Crippen LogP contribution in [0.5, 0.6) is 11.5 Å². The molecule has 1 aromatic heterocycles. The van der Waals surface area contributed by atoms with E-state index < -0.39 is 6.04 Å². The summed E-state index contributed by atoms with van der Waals surface area (Å²) in [5.74, 6) is 2.28. The third kappa shape index (κ3) is 8.77. The minimum Gasteiger partial charge on any atom is -0.497 e. The summed E-state index contributed by atoms with van der Waals surface area (Å²) >= 11 is 12.5. The van der Waals surface area contributed by atoms with E-state index in [1.54, 1.807) is 14.2 Å². The molecule has 2 atom stereocenters. The molecule has 316 valence electrons. The van der Waals surface area contributed by atoms with Crippen LogP contribution in [0.2, 0.25) is 10.0 Å². The average molecular weight is 872 g/mol. The number of hydrogen-bond acceptors (Lipinski definition) is 9. The number of methoxy groups -OCH3 is 2. The second kappa shape index (κ2) is 18.2. The van der Waals surface area contributed by atoms with Gasteiger partial charge in [0.25, 0.3) is 11.6 Å². The molecule has 3 aliphatic heterocycles. The summed E-state index contributed by atoms with van der Waals surface area (Å²) in [6, 6.07) is 26.5. The molecule has 0 bridgehead atoms. The van der Waals surface area contributed by atoms with Crippen molar-refractivity contribution in [1.82, 2.24) is 25.7 Å². The van der Waals surface area contributed by atoms with Crippen molar-refractivity contribution in [1.29, 1.82) is 0 Å². The summed E-state index contributed by atoms with van der Waals surface area (Å²) in [5.41, 5.74) is 9.82. The highest BCUT2D eigenvalue weighted by Crippen LogP contribution is 2.40. The van der Waals surface area contributed by atoms with Crippen molar-refractivity contribution in [3.8, 4) is 17.2 Å². The fourth-order valence-electron chi connectivity index (χ4n) is 8.04. The molecule has 3 aliphatic rings. The predicted molar refractivity (Wildman–Crippen MR) is 242 cm³/mol. The van der Waals surface area contributed by atoms with Crippen LogP contribution in [-0.2, 0) is 16.1 Å². The number of nitrogens with zero attached hydrogens (tertiary/aromatic N) is 6. The standard InChI is InChI=1S/C47H45Cl2N9O4/c1-27-23-53-47-39(55-46(31-8-12-33(49)13-9-31)38-20-34(61-4)14-16-36(38)44(27)47)22-41(59)52-24-42(60)51-19-18-50-28(2)26-57-43-25-54-45(30-6-10-32(48)11-7-30)37-17-15-35(62-5)21-40(37)58(43)29(3)56-57/h6-17,20-21,23,26,39,44,50H,18-19,22,24-25H2,1-5H3,(H-,51,52,59,60)/p+1. The minimum atomic E-state index is -0.568. The maximum atomic E-state index is 13.5. The molecule has 4 aromatic carbocycles. The first kappa shape index (κ1) is 42.1. The number of aliphatic imine (C=N–C) groups is 3. The van der Waals surface area contributed by atoms with Gasteiger partial charge in [0.1, 0.15) is 29.9 Å². The second-order valence-corrected chi connectivity index (χ2v) is 16.1. The van der Waals surface area contributed by atoms with Gasteiger partial charge in [-0.3, -0.25) is 24.6 Å². The zero-order valence-electron chi connectivity index (χ0n) is 35.0. The van der Waals surface area contributed by atoms with E-state index in [0.29, 0.717) is 41.1 Å². The van der Waals surface area contributed by atoms with Gasteiger partial charge in [-0.25, -0.2) is 0 Å². The molecule has 2 amide bonds. The molecule has 15 heteroatoms. The molecule has 0 aliphatic carbocycles. The molecule has 0 fully saturated rings. The number of ether oxygens (including phenoxy) is 2. The van der Waals surface area contributed by atoms with Crippen molar-refractivity contribution in [2.24, 2.45) is 15.0 Å². The first-order valence-electron chi connectivity index (χ1n) is 20.2. The normalized spacial score (nSPS) is 16.5. The fraction of sp³-hybridized carbons (Fsp3) is 0.255. The first-order chi connectivity index (χ1) is 30.0. The number of aryl methyl sites for hydroxylation is 1. The highest BCUT2D eigenvalue weighted by molar-refractivity contribution is 6.31. The monoisotopic (exact) mass is 870 g/mol. The lowest BCUT2D eigenvalue weighted by atomic mass is 9.83. The van der Waals surface area contributed by atoms with Gasteiger partial charge in [0.15, 0.2) is 0 Å². The van der Waals surface area contributed by atoms with Crippen LogP contribution in [0.25, 0.3) is 11.9 Å². The van der Waals surface area contributed by atoms with E-state index >= 15 is 0 Å². The lowest BCUT2D eigenvalue weighted by molar-refractivity contribution is -0.611. The quantitative estimate of drug-likeness (QED) is 0.0906. The summed E-state index contributed by atoms with van der Waals surface area (Å²) in [7, 11) is 3.28. The maximum Gasteiger partial charge on any atom is 0.280 e. The lowest BCUT2D eigenvalue weighted by Crippen LogP contribution is -2.40. The highest BCUT2D eigenvalue weighted by Gasteiger charge is 2.37. The van der Waals surface area contributed by atoms with E-state index in [2.05, 4.69) is 20.5 Å². The first-order valence-corrected chi connectivity index (χ1v) is 21.0. The molecule has 5 aromatic rings. The Balaban J connectivity index is 0.898. The topological polar surface area (TPSA) is 147 Å². The number of hydrogen-bond donors (Lipinski definition) is 3. The van der Waals surface area contributed by atoms with Gasteiger partial charge >= 0.3 is 0 Å². The number of rotatable bonds is 13. The predicted octanol–water partition coefficient (Wildman–Crippen LogP) is 6.54. The molecular weight excluding hydrogens is 825 g/mol. The Kier molecular flexibility index (Phi) is 12.4. The number of carbonyl (C=O) groups excluding carboxylic acids is 2. The van der Waals surface area contributed by atoms with Gasteiger partial charge in [-0.15, -0.1) is 0 Å². The van der Waals surface area contributed by atoms with Gasteiger partial charge in [0.05, 0.1) is 50.4 Å². The van der Waals surface area contributed by atoms with E-state index in [1.165, 1.54) is 0 Å². The Morgan fingerprint density at radius 2 is 1.48 bits per heavy atom. The Hall–Kier alpha value is -6.57. The van der Waals surface area contributed by atoms with Crippen LogP contribution in [-0.4, -0.2) is 78.6 Å². The summed E-state index contributed by atoms with van der Waals surface area (Å²) < 4.78 is 15.1. The van der Waals surface area contributed by atoms with Crippen LogP contribution in [0, 0.1) is 6.92 Å². The van der Waals surface area contributed by atoms with Crippen molar-refractivity contribution in [2.45, 2.75) is 45.7 Å². The van der Waals surface area contributed by atoms with Crippen LogP contribution in [0.1, 0.15) is 65.7 Å². The van der Waals surface area contributed by atoms with Crippen LogP contribution in [0.4, 0.5) is 0 Å². The van der Waals surface area contributed by atoms with E-state index in [9.17, 15) is 9.59 Å². The van der Waals surface area contributed by atoms with Crippen LogP contribution >= 0.6 is 23.2 Å². The number of halogens is 2. The number of amides is 2. The SMILES string of the molecule is COc1ccc2c(c1)C(c1ccc(Cl)cc1)=NC(CC(=O)NCC(=O)NCCNC(C)=Cn1nc(C)[n+]3c1CN=C(c1ccc(Cl)cc1)c1ccc(OC)cc1-3)C1=NC=C(C)C12. The van der Waals surface area contributed by atoms with Crippen molar-refractivity contribution >= 4 is 58.4 Å². The third-order valence-corrected chi connectivity index (χ3v) is 11.5. The molecule has 0 radical (unpaired) electrons. The van der Waals surface area contributed by atoms with Gasteiger partial charge < -0.3 is 25.4 Å². The average Bonchev–Trinajstić information content (AvgIpc) is 3.69. The number of nitrogens with one attached hydrogen (secondary N) is 3. The number of benzene rings is 4. The molecule has 2 unspecified atom stereocenters. The molecule has 13 nitrogen and oxygen atoms in total. The number of fused-ring (bicyclic) bond motifs is 6. The zero-order valence-corrected chi connectivity index (χ0v) is 36.5. The van der Waals surface area contributed by atoms with Crippen molar-refractivity contribution in [2.75, 3.05) is 33.9 Å². The van der Waals surface area contributed by atoms with Gasteiger partial charge in [-0.05, 0) is 73.5 Å². The molecule has 0 saturated carbocycles. The maximum absolute atomic E-state index is 13.5. The van der Waals surface area contributed by atoms with Crippen LogP contribution in [0.3, 0.4) is 0 Å². The van der Waals surface area contributed by atoms with Gasteiger partial charge in [0, 0.05) is 81.3 Å². The van der Waals surface area contributed by atoms with E-state index in [0.717, 1.165) is 73.6 Å². The van der Waals surface area contributed by atoms with Crippen molar-refractivity contribution < 1.29 is 23.6 Å². The van der Waals surface area contributed by atoms with Gasteiger partial charge in [0.2, 0.25) is 11.8 Å². The van der Waals surface area contributed by atoms with E-state index in [1.807, 2.05) is 123 Å². The molecule has 3 N–H and O–H groups in total. The van der Waals surface area contributed by atoms with Crippen LogP contribution < -0.4 is 30.0 Å². The lowest BCUT2D eigenvalue weighted by Gasteiger charge is -2.20. The summed E-state index contributed by atoms with van der Waals surface area (Å²) in [5, 5.41) is 15.1. The number of aromatic nitrogens is 3. The minimum absolute atomic E-state index is 0.0132. The Labute approximate surface area is 369 Å². The summed E-state index contributed by atoms with van der Waals surface area (Å²) in [4.78, 5) is 41.4. The number of carbonyl (C=O) groups is 2. The van der Waals surface area contributed by atoms with Gasteiger partial charge in [-0.2, -0.15) is 4.57 Å². The van der Waals surface area contributed by atoms with Gasteiger partial charge in [-0.1, -0.05) is 58.2 Å². The Morgan fingerprint density at radius 1 is 0.823 bits per heavy atom. The highest BCUT2D eigenvalue weighted by atomic mass is 35.5. The van der Waals surface area contributed by atoms with E-state index in [-0.39, 0.29) is 30.7 Å². The Morgan fingerprint density at radius 3 is 2.19 bits per heavy atom. The van der Waals surface area contributed by atoms with Crippen LogP contribution in [0.15, 0.2) is 117 Å². The molecular formula is C47H46Cl2N9O4+. The fourth-order valence-corrected chi connectivity index (χ4v) is 8.29. The molecule has 0 saturated heterocycles. The largest absolute Gasteiger partial charge is 0.497 e.